The Labute approximate surface area is 109 Å². The molecule has 0 aliphatic rings. The van der Waals surface area contributed by atoms with Gasteiger partial charge in [0.2, 0.25) is 5.13 Å². The van der Waals surface area contributed by atoms with Gasteiger partial charge in [0.1, 0.15) is 12.4 Å². The van der Waals surface area contributed by atoms with Gasteiger partial charge in [-0.15, -0.1) is 10.2 Å². The molecule has 1 aromatic heterocycles. The molecule has 0 aliphatic heterocycles. The monoisotopic (exact) mass is 269 g/mol. The summed E-state index contributed by atoms with van der Waals surface area (Å²) in [6.45, 7) is 3.23. The van der Waals surface area contributed by atoms with Crippen molar-refractivity contribution in [3.05, 3.63) is 34.3 Å². The Balaban J connectivity index is 1.95. The molecule has 90 valence electrons. The summed E-state index contributed by atoms with van der Waals surface area (Å²) in [6.07, 6.45) is 0. The minimum atomic E-state index is 0.382. The predicted octanol–water partition coefficient (Wildman–Crippen LogP) is 3.20. The number of hydrogen-bond acceptors (Lipinski definition) is 5. The number of nitrogens with one attached hydrogen (secondary N) is 1. The van der Waals surface area contributed by atoms with Crippen molar-refractivity contribution in [1.29, 1.82) is 0 Å². The topological polar surface area (TPSA) is 47.0 Å². The van der Waals surface area contributed by atoms with Gasteiger partial charge in [-0.05, 0) is 19.1 Å². The largest absolute Gasteiger partial charge is 0.485 e. The number of ether oxygens (including phenoxy) is 1. The summed E-state index contributed by atoms with van der Waals surface area (Å²) in [7, 11) is 0. The van der Waals surface area contributed by atoms with E-state index in [0.717, 1.165) is 16.7 Å². The zero-order valence-corrected chi connectivity index (χ0v) is 10.9. The Kier molecular flexibility index (Phi) is 4.17. The van der Waals surface area contributed by atoms with Crippen LogP contribution in [0.3, 0.4) is 0 Å². The van der Waals surface area contributed by atoms with Crippen molar-refractivity contribution >= 4 is 28.1 Å². The molecule has 17 heavy (non-hydrogen) atoms. The molecule has 0 radical (unpaired) electrons. The third-order valence-electron chi connectivity index (χ3n) is 1.98. The van der Waals surface area contributed by atoms with Crippen molar-refractivity contribution in [1.82, 2.24) is 10.2 Å². The molecule has 0 spiro atoms. The van der Waals surface area contributed by atoms with Gasteiger partial charge < -0.3 is 10.1 Å². The minimum Gasteiger partial charge on any atom is -0.485 e. The minimum absolute atomic E-state index is 0.382. The van der Waals surface area contributed by atoms with Crippen LogP contribution < -0.4 is 10.1 Å². The van der Waals surface area contributed by atoms with E-state index in [-0.39, 0.29) is 0 Å². The van der Waals surface area contributed by atoms with Crippen molar-refractivity contribution in [3.63, 3.8) is 0 Å². The number of benzene rings is 1. The second-order valence-electron chi connectivity index (χ2n) is 3.25. The molecule has 0 unspecified atom stereocenters. The summed E-state index contributed by atoms with van der Waals surface area (Å²) in [4.78, 5) is 0. The standard InChI is InChI=1S/C11H12ClN3OS/c1-2-13-11-15-14-10(17-11)7-16-9-6-4-3-5-8(9)12/h3-6H,2,7H2,1H3,(H,13,15). The van der Waals surface area contributed by atoms with Gasteiger partial charge in [-0.1, -0.05) is 35.1 Å². The SMILES string of the molecule is CCNc1nnc(COc2ccccc2Cl)s1. The third-order valence-corrected chi connectivity index (χ3v) is 3.15. The summed E-state index contributed by atoms with van der Waals surface area (Å²) in [5, 5.41) is 13.3. The molecule has 6 heteroatoms. The molecule has 0 aliphatic carbocycles. The van der Waals surface area contributed by atoms with Crippen LogP contribution in [0.15, 0.2) is 24.3 Å². The van der Waals surface area contributed by atoms with Gasteiger partial charge in [0.25, 0.3) is 0 Å². The first kappa shape index (κ1) is 12.1. The molecule has 2 rings (SSSR count). The maximum Gasteiger partial charge on any atom is 0.205 e. The second kappa shape index (κ2) is 5.84. The quantitative estimate of drug-likeness (QED) is 0.905. The first-order valence-electron chi connectivity index (χ1n) is 5.23. The molecule has 0 bridgehead atoms. The molecule has 1 aromatic carbocycles. The van der Waals surface area contributed by atoms with E-state index in [2.05, 4.69) is 15.5 Å². The highest BCUT2D eigenvalue weighted by atomic mass is 35.5. The number of nitrogens with zero attached hydrogens (tertiary/aromatic N) is 2. The van der Waals surface area contributed by atoms with E-state index in [4.69, 9.17) is 16.3 Å². The van der Waals surface area contributed by atoms with Crippen molar-refractivity contribution < 1.29 is 4.74 Å². The summed E-state index contributed by atoms with van der Waals surface area (Å²) in [5.41, 5.74) is 0. The zero-order chi connectivity index (χ0) is 12.1. The lowest BCUT2D eigenvalue weighted by Crippen LogP contribution is -1.95. The van der Waals surface area contributed by atoms with E-state index in [1.807, 2.05) is 25.1 Å². The lowest BCUT2D eigenvalue weighted by atomic mass is 10.3. The van der Waals surface area contributed by atoms with Crippen LogP contribution in [0.25, 0.3) is 0 Å². The molecule has 0 amide bonds. The summed E-state index contributed by atoms with van der Waals surface area (Å²) in [6, 6.07) is 7.37. The lowest BCUT2D eigenvalue weighted by Gasteiger charge is -2.04. The highest BCUT2D eigenvalue weighted by molar-refractivity contribution is 7.15. The highest BCUT2D eigenvalue weighted by Crippen LogP contribution is 2.25. The highest BCUT2D eigenvalue weighted by Gasteiger charge is 2.05. The van der Waals surface area contributed by atoms with Crippen LogP contribution in [0.2, 0.25) is 5.02 Å². The summed E-state index contributed by atoms with van der Waals surface area (Å²) < 4.78 is 5.56. The molecule has 1 N–H and O–H groups in total. The molecule has 0 atom stereocenters. The Morgan fingerprint density at radius 2 is 2.18 bits per heavy atom. The van der Waals surface area contributed by atoms with Crippen LogP contribution in [0, 0.1) is 0 Å². The molecular weight excluding hydrogens is 258 g/mol. The fraction of sp³-hybridized carbons (Fsp3) is 0.273. The van der Waals surface area contributed by atoms with Crippen molar-refractivity contribution in [2.45, 2.75) is 13.5 Å². The van der Waals surface area contributed by atoms with E-state index in [1.165, 1.54) is 11.3 Å². The number of rotatable bonds is 5. The van der Waals surface area contributed by atoms with Crippen LogP contribution in [0.4, 0.5) is 5.13 Å². The summed E-state index contributed by atoms with van der Waals surface area (Å²) >= 11 is 7.46. The van der Waals surface area contributed by atoms with Crippen LogP contribution in [0.5, 0.6) is 5.75 Å². The van der Waals surface area contributed by atoms with Gasteiger partial charge in [-0.25, -0.2) is 0 Å². The molecule has 2 aromatic rings. The first-order chi connectivity index (χ1) is 8.29. The number of para-hydroxylation sites is 1. The lowest BCUT2D eigenvalue weighted by molar-refractivity contribution is 0.305. The Hall–Kier alpha value is -1.33. The fourth-order valence-electron chi connectivity index (χ4n) is 1.24. The van der Waals surface area contributed by atoms with E-state index < -0.39 is 0 Å². The molecule has 1 heterocycles. The summed E-state index contributed by atoms with van der Waals surface area (Å²) in [5.74, 6) is 0.661. The normalized spacial score (nSPS) is 10.2. The van der Waals surface area contributed by atoms with Gasteiger partial charge >= 0.3 is 0 Å². The van der Waals surface area contributed by atoms with Gasteiger partial charge in [-0.2, -0.15) is 0 Å². The van der Waals surface area contributed by atoms with E-state index in [9.17, 15) is 0 Å². The van der Waals surface area contributed by atoms with E-state index in [0.29, 0.717) is 17.4 Å². The van der Waals surface area contributed by atoms with Crippen LogP contribution in [-0.4, -0.2) is 16.7 Å². The average Bonchev–Trinajstić information content (AvgIpc) is 2.76. The second-order valence-corrected chi connectivity index (χ2v) is 4.72. The molecule has 0 fully saturated rings. The molecular formula is C11H12ClN3OS. The average molecular weight is 270 g/mol. The van der Waals surface area contributed by atoms with Gasteiger partial charge in [0.15, 0.2) is 5.01 Å². The number of halogens is 1. The molecule has 4 nitrogen and oxygen atoms in total. The smallest absolute Gasteiger partial charge is 0.205 e. The van der Waals surface area contributed by atoms with E-state index >= 15 is 0 Å². The van der Waals surface area contributed by atoms with Gasteiger partial charge in [0, 0.05) is 6.54 Å². The Morgan fingerprint density at radius 3 is 2.94 bits per heavy atom. The maximum absolute atomic E-state index is 5.98. The van der Waals surface area contributed by atoms with Gasteiger partial charge in [-0.3, -0.25) is 0 Å². The van der Waals surface area contributed by atoms with E-state index in [1.54, 1.807) is 6.07 Å². The van der Waals surface area contributed by atoms with Crippen LogP contribution in [-0.2, 0) is 6.61 Å². The molecule has 0 saturated carbocycles. The van der Waals surface area contributed by atoms with Crippen molar-refractivity contribution in [2.75, 3.05) is 11.9 Å². The maximum atomic E-state index is 5.98. The van der Waals surface area contributed by atoms with Crippen LogP contribution in [0.1, 0.15) is 11.9 Å². The predicted molar refractivity (Wildman–Crippen MR) is 69.9 cm³/mol. The molecule has 0 saturated heterocycles. The Bertz CT molecular complexity index is 489. The van der Waals surface area contributed by atoms with Gasteiger partial charge in [0.05, 0.1) is 5.02 Å². The number of hydrogen-bond donors (Lipinski definition) is 1. The first-order valence-corrected chi connectivity index (χ1v) is 6.42. The Morgan fingerprint density at radius 1 is 1.35 bits per heavy atom. The van der Waals surface area contributed by atoms with Crippen molar-refractivity contribution in [2.24, 2.45) is 0 Å². The zero-order valence-electron chi connectivity index (χ0n) is 9.31. The van der Waals surface area contributed by atoms with Crippen molar-refractivity contribution in [3.8, 4) is 5.75 Å². The fourth-order valence-corrected chi connectivity index (χ4v) is 2.15. The van der Waals surface area contributed by atoms with Crippen LogP contribution >= 0.6 is 22.9 Å². The third kappa shape index (κ3) is 3.31. The number of aromatic nitrogens is 2. The number of anilines is 1.